The number of hydrogen-bond acceptors (Lipinski definition) is 2. The fourth-order valence-electron chi connectivity index (χ4n) is 3.06. The van der Waals surface area contributed by atoms with Gasteiger partial charge in [-0.2, -0.15) is 0 Å². The molecule has 0 radical (unpaired) electrons. The summed E-state index contributed by atoms with van der Waals surface area (Å²) in [5.74, 6) is 0. The Morgan fingerprint density at radius 2 is 2.28 bits per heavy atom. The molecule has 1 N–H and O–H groups in total. The molecular formula is C16H23NO. The lowest BCUT2D eigenvalue weighted by atomic mass is 9.95. The van der Waals surface area contributed by atoms with Gasteiger partial charge in [-0.15, -0.1) is 0 Å². The largest absolute Gasteiger partial charge is 0.382 e. The van der Waals surface area contributed by atoms with E-state index >= 15 is 0 Å². The quantitative estimate of drug-likeness (QED) is 0.879. The molecule has 2 unspecified atom stereocenters. The fourth-order valence-corrected chi connectivity index (χ4v) is 3.06. The molecule has 18 heavy (non-hydrogen) atoms. The predicted molar refractivity (Wildman–Crippen MR) is 75.1 cm³/mol. The second-order valence-electron chi connectivity index (χ2n) is 5.75. The van der Waals surface area contributed by atoms with Gasteiger partial charge in [-0.05, 0) is 62.6 Å². The Bertz CT molecular complexity index is 410. The van der Waals surface area contributed by atoms with Crippen LogP contribution in [0.15, 0.2) is 18.2 Å². The van der Waals surface area contributed by atoms with Crippen LogP contribution in [0, 0.1) is 0 Å². The van der Waals surface area contributed by atoms with Crippen LogP contribution < -0.4 is 5.32 Å². The summed E-state index contributed by atoms with van der Waals surface area (Å²) in [4.78, 5) is 0. The highest BCUT2D eigenvalue weighted by Crippen LogP contribution is 2.27. The van der Waals surface area contributed by atoms with E-state index in [4.69, 9.17) is 4.74 Å². The Labute approximate surface area is 110 Å². The highest BCUT2D eigenvalue weighted by atomic mass is 16.5. The van der Waals surface area contributed by atoms with Crippen LogP contribution in [0.2, 0.25) is 0 Å². The Kier molecular flexibility index (Phi) is 3.55. The summed E-state index contributed by atoms with van der Waals surface area (Å²) in [6.07, 6.45) is 7.83. The van der Waals surface area contributed by atoms with Gasteiger partial charge in [0, 0.05) is 18.3 Å². The maximum atomic E-state index is 5.69. The zero-order valence-corrected chi connectivity index (χ0v) is 11.2. The van der Waals surface area contributed by atoms with E-state index in [2.05, 4.69) is 30.4 Å². The highest BCUT2D eigenvalue weighted by molar-refractivity contribution is 5.55. The minimum Gasteiger partial charge on any atom is -0.382 e. The summed E-state index contributed by atoms with van der Waals surface area (Å²) in [7, 11) is 0. The van der Waals surface area contributed by atoms with Crippen LogP contribution in [0.5, 0.6) is 0 Å². The van der Waals surface area contributed by atoms with Gasteiger partial charge >= 0.3 is 0 Å². The van der Waals surface area contributed by atoms with Crippen molar-refractivity contribution in [3.63, 3.8) is 0 Å². The number of hydrogen-bond donors (Lipinski definition) is 1. The highest BCUT2D eigenvalue weighted by Gasteiger charge is 2.17. The topological polar surface area (TPSA) is 21.3 Å². The molecule has 2 aliphatic rings. The summed E-state index contributed by atoms with van der Waals surface area (Å²) >= 11 is 0. The van der Waals surface area contributed by atoms with Crippen molar-refractivity contribution in [1.82, 2.24) is 0 Å². The molecule has 1 fully saturated rings. The van der Waals surface area contributed by atoms with E-state index in [-0.39, 0.29) is 0 Å². The third-order valence-corrected chi connectivity index (χ3v) is 4.20. The Balaban J connectivity index is 1.63. The second-order valence-corrected chi connectivity index (χ2v) is 5.75. The summed E-state index contributed by atoms with van der Waals surface area (Å²) in [5, 5.41) is 3.56. The van der Waals surface area contributed by atoms with Crippen molar-refractivity contribution < 1.29 is 4.74 Å². The number of fused-ring (bicyclic) bond motifs is 1. The molecule has 1 aromatic carbocycles. The van der Waals surface area contributed by atoms with Gasteiger partial charge in [0.25, 0.3) is 0 Å². The molecule has 0 saturated carbocycles. The number of aryl methyl sites for hydroxylation is 2. The molecule has 2 atom stereocenters. The molecule has 1 saturated heterocycles. The van der Waals surface area contributed by atoms with Crippen LogP contribution in [0.3, 0.4) is 0 Å². The maximum absolute atomic E-state index is 5.69. The van der Waals surface area contributed by atoms with Crippen LogP contribution in [0.25, 0.3) is 0 Å². The molecule has 2 aliphatic heterocycles. The summed E-state index contributed by atoms with van der Waals surface area (Å²) in [6.45, 7) is 3.23. The van der Waals surface area contributed by atoms with Crippen LogP contribution >= 0.6 is 0 Å². The molecule has 1 aromatic rings. The van der Waals surface area contributed by atoms with Crippen LogP contribution in [0.4, 0.5) is 5.69 Å². The van der Waals surface area contributed by atoms with Crippen molar-refractivity contribution in [1.29, 1.82) is 0 Å². The lowest BCUT2D eigenvalue weighted by Crippen LogP contribution is -2.21. The van der Waals surface area contributed by atoms with E-state index in [1.54, 1.807) is 0 Å². The van der Waals surface area contributed by atoms with Gasteiger partial charge in [0.2, 0.25) is 0 Å². The van der Waals surface area contributed by atoms with E-state index in [0.29, 0.717) is 12.1 Å². The average molecular weight is 245 g/mol. The van der Waals surface area contributed by atoms with Gasteiger partial charge in [-0.3, -0.25) is 0 Å². The first-order chi connectivity index (χ1) is 8.81. The number of benzene rings is 1. The minimum absolute atomic E-state index is 0.513. The van der Waals surface area contributed by atoms with Gasteiger partial charge < -0.3 is 10.1 Å². The van der Waals surface area contributed by atoms with Gasteiger partial charge in [-0.1, -0.05) is 12.1 Å². The molecule has 0 aliphatic carbocycles. The SMILES string of the molecule is CC1CCc2cc(CCC3CCCO3)ccc2N1. The van der Waals surface area contributed by atoms with Gasteiger partial charge in [-0.25, -0.2) is 0 Å². The van der Waals surface area contributed by atoms with Crippen LogP contribution in [0.1, 0.15) is 43.7 Å². The number of rotatable bonds is 3. The van der Waals surface area contributed by atoms with Crippen LogP contribution in [-0.2, 0) is 17.6 Å². The van der Waals surface area contributed by atoms with Crippen molar-refractivity contribution in [3.05, 3.63) is 29.3 Å². The van der Waals surface area contributed by atoms with Crippen LogP contribution in [-0.4, -0.2) is 18.8 Å². The Morgan fingerprint density at radius 1 is 1.33 bits per heavy atom. The number of ether oxygens (including phenoxy) is 1. The lowest BCUT2D eigenvalue weighted by Gasteiger charge is -2.24. The van der Waals surface area contributed by atoms with E-state index < -0.39 is 0 Å². The molecule has 3 rings (SSSR count). The molecule has 98 valence electrons. The number of anilines is 1. The van der Waals surface area contributed by atoms with Crippen molar-refractivity contribution in [3.8, 4) is 0 Å². The molecule has 0 aromatic heterocycles. The van der Waals surface area contributed by atoms with Gasteiger partial charge in [0.05, 0.1) is 6.10 Å². The number of nitrogens with one attached hydrogen (secondary N) is 1. The zero-order valence-electron chi connectivity index (χ0n) is 11.2. The fraction of sp³-hybridized carbons (Fsp3) is 0.625. The second kappa shape index (κ2) is 5.31. The smallest absolute Gasteiger partial charge is 0.0579 e. The standard InChI is InChI=1S/C16H23NO/c1-12-4-7-14-11-13(6-9-16(14)17-12)5-8-15-3-2-10-18-15/h6,9,11-12,15,17H,2-5,7-8,10H2,1H3. The predicted octanol–water partition coefficient (Wildman–Crippen LogP) is 3.54. The minimum atomic E-state index is 0.513. The third kappa shape index (κ3) is 2.69. The van der Waals surface area contributed by atoms with Crippen molar-refractivity contribution in [2.24, 2.45) is 0 Å². The maximum Gasteiger partial charge on any atom is 0.0579 e. The lowest BCUT2D eigenvalue weighted by molar-refractivity contribution is 0.104. The van der Waals surface area contributed by atoms with E-state index in [1.165, 1.54) is 48.9 Å². The normalized spacial score (nSPS) is 26.7. The Morgan fingerprint density at radius 3 is 3.11 bits per heavy atom. The first-order valence-electron chi connectivity index (χ1n) is 7.31. The summed E-state index contributed by atoms with van der Waals surface area (Å²) in [6, 6.07) is 7.55. The zero-order chi connectivity index (χ0) is 12.4. The average Bonchev–Trinajstić information content (AvgIpc) is 2.89. The summed E-state index contributed by atoms with van der Waals surface area (Å²) < 4.78 is 5.69. The molecule has 0 bridgehead atoms. The third-order valence-electron chi connectivity index (χ3n) is 4.20. The molecular weight excluding hydrogens is 222 g/mol. The van der Waals surface area contributed by atoms with Crippen molar-refractivity contribution >= 4 is 5.69 Å². The molecule has 0 spiro atoms. The van der Waals surface area contributed by atoms with E-state index in [0.717, 1.165) is 13.0 Å². The van der Waals surface area contributed by atoms with E-state index in [1.807, 2.05) is 0 Å². The monoisotopic (exact) mass is 245 g/mol. The molecule has 2 nitrogen and oxygen atoms in total. The molecule has 2 heteroatoms. The Hall–Kier alpha value is -1.02. The van der Waals surface area contributed by atoms with Gasteiger partial charge in [0.15, 0.2) is 0 Å². The first-order valence-corrected chi connectivity index (χ1v) is 7.31. The van der Waals surface area contributed by atoms with Gasteiger partial charge in [0.1, 0.15) is 0 Å². The first kappa shape index (κ1) is 12.0. The summed E-state index contributed by atoms with van der Waals surface area (Å²) in [5.41, 5.74) is 4.31. The van der Waals surface area contributed by atoms with Crippen molar-refractivity contribution in [2.75, 3.05) is 11.9 Å². The molecule has 0 amide bonds. The van der Waals surface area contributed by atoms with Crippen molar-refractivity contribution in [2.45, 2.75) is 57.6 Å². The van der Waals surface area contributed by atoms with E-state index in [9.17, 15) is 0 Å². The molecule has 2 heterocycles.